The van der Waals surface area contributed by atoms with Crippen LogP contribution in [0.2, 0.25) is 0 Å². The van der Waals surface area contributed by atoms with Gasteiger partial charge in [-0.3, -0.25) is 4.79 Å². The van der Waals surface area contributed by atoms with E-state index in [1.54, 1.807) is 6.07 Å². The summed E-state index contributed by atoms with van der Waals surface area (Å²) >= 11 is 0. The van der Waals surface area contributed by atoms with Crippen molar-refractivity contribution in [2.24, 2.45) is 0 Å². The lowest BCUT2D eigenvalue weighted by Gasteiger charge is -2.25. The van der Waals surface area contributed by atoms with E-state index in [9.17, 15) is 9.18 Å². The lowest BCUT2D eigenvalue weighted by atomic mass is 10.0. The quantitative estimate of drug-likeness (QED) is 0.767. The van der Waals surface area contributed by atoms with Gasteiger partial charge < -0.3 is 14.9 Å². The number of H-pyrrole nitrogens is 1. The molecule has 0 saturated carbocycles. The molecule has 3 aromatic rings. The van der Waals surface area contributed by atoms with E-state index in [0.717, 1.165) is 46.7 Å². The summed E-state index contributed by atoms with van der Waals surface area (Å²) in [7, 11) is 0. The number of hydrogen-bond donors (Lipinski definition) is 2. The average Bonchev–Trinajstić information content (AvgIpc) is 3.09. The zero-order chi connectivity index (χ0) is 17.6. The molecule has 25 heavy (non-hydrogen) atoms. The number of fused-ring (bicyclic) bond motifs is 2. The van der Waals surface area contributed by atoms with Crippen LogP contribution in [0, 0.1) is 19.7 Å². The Morgan fingerprint density at radius 3 is 3.08 bits per heavy atom. The lowest BCUT2D eigenvalue weighted by Crippen LogP contribution is -2.41. The van der Waals surface area contributed by atoms with Crippen molar-refractivity contribution < 1.29 is 9.18 Å². The Kier molecular flexibility index (Phi) is 3.78. The Morgan fingerprint density at radius 1 is 1.40 bits per heavy atom. The molecule has 0 bridgehead atoms. The SMILES string of the molecule is Cc1[nH]c2ccc(F)cc2c1CC(=O)N[C@H]1CCc2nnc(C)n2C1. The zero-order valence-electron chi connectivity index (χ0n) is 14.3. The minimum absolute atomic E-state index is 0.0487. The van der Waals surface area contributed by atoms with Gasteiger partial charge in [-0.2, -0.15) is 0 Å². The summed E-state index contributed by atoms with van der Waals surface area (Å²) in [5.74, 6) is 1.51. The number of amides is 1. The van der Waals surface area contributed by atoms with Crippen molar-refractivity contribution in [3.63, 3.8) is 0 Å². The van der Waals surface area contributed by atoms with Gasteiger partial charge in [0, 0.05) is 35.6 Å². The van der Waals surface area contributed by atoms with E-state index < -0.39 is 0 Å². The second-order valence-electron chi connectivity index (χ2n) is 6.67. The van der Waals surface area contributed by atoms with Crippen LogP contribution in [0.4, 0.5) is 4.39 Å². The van der Waals surface area contributed by atoms with Gasteiger partial charge in [0.1, 0.15) is 17.5 Å². The minimum Gasteiger partial charge on any atom is -0.358 e. The Hall–Kier alpha value is -2.70. The maximum atomic E-state index is 13.6. The van der Waals surface area contributed by atoms with Crippen molar-refractivity contribution in [1.82, 2.24) is 25.1 Å². The van der Waals surface area contributed by atoms with E-state index in [1.165, 1.54) is 12.1 Å². The van der Waals surface area contributed by atoms with E-state index in [-0.39, 0.29) is 24.2 Å². The summed E-state index contributed by atoms with van der Waals surface area (Å²) in [4.78, 5) is 15.7. The van der Waals surface area contributed by atoms with Crippen molar-refractivity contribution in [3.05, 3.63) is 46.9 Å². The predicted octanol–water partition coefficient (Wildman–Crippen LogP) is 2.19. The van der Waals surface area contributed by atoms with Crippen molar-refractivity contribution in [3.8, 4) is 0 Å². The van der Waals surface area contributed by atoms with Crippen LogP contribution in [0.1, 0.15) is 29.3 Å². The molecule has 0 fully saturated rings. The van der Waals surface area contributed by atoms with Crippen molar-refractivity contribution in [1.29, 1.82) is 0 Å². The molecule has 7 heteroatoms. The van der Waals surface area contributed by atoms with Gasteiger partial charge in [-0.1, -0.05) is 0 Å². The molecule has 2 aromatic heterocycles. The molecule has 1 atom stereocenters. The Morgan fingerprint density at radius 2 is 2.24 bits per heavy atom. The second-order valence-corrected chi connectivity index (χ2v) is 6.67. The molecule has 1 amide bonds. The standard InChI is InChI=1S/C18H20FN5O/c1-10-14(15-7-12(19)3-5-16(15)20-10)8-18(25)21-13-4-6-17-23-22-11(2)24(17)9-13/h3,5,7,13,20H,4,6,8-9H2,1-2H3,(H,21,25)/t13-/m0/s1. The largest absolute Gasteiger partial charge is 0.358 e. The van der Waals surface area contributed by atoms with E-state index >= 15 is 0 Å². The predicted molar refractivity (Wildman–Crippen MR) is 91.7 cm³/mol. The van der Waals surface area contributed by atoms with E-state index in [4.69, 9.17) is 0 Å². The molecule has 1 aromatic carbocycles. The first-order valence-electron chi connectivity index (χ1n) is 8.46. The summed E-state index contributed by atoms with van der Waals surface area (Å²) in [6.07, 6.45) is 1.90. The Labute approximate surface area is 144 Å². The first kappa shape index (κ1) is 15.8. The van der Waals surface area contributed by atoms with Crippen molar-refractivity contribution in [2.75, 3.05) is 0 Å². The third-order valence-electron chi connectivity index (χ3n) is 4.92. The topological polar surface area (TPSA) is 75.6 Å². The number of carbonyl (C=O) groups is 1. The highest BCUT2D eigenvalue weighted by atomic mass is 19.1. The van der Waals surface area contributed by atoms with E-state index in [0.29, 0.717) is 6.54 Å². The van der Waals surface area contributed by atoms with Gasteiger partial charge in [-0.15, -0.1) is 10.2 Å². The molecule has 4 rings (SSSR count). The van der Waals surface area contributed by atoms with E-state index in [2.05, 4.69) is 25.1 Å². The second kappa shape index (κ2) is 5.98. The monoisotopic (exact) mass is 341 g/mol. The first-order chi connectivity index (χ1) is 12.0. The molecule has 1 aliphatic heterocycles. The molecule has 2 N–H and O–H groups in total. The fraction of sp³-hybridized carbons (Fsp3) is 0.389. The molecule has 0 unspecified atom stereocenters. The number of carbonyl (C=O) groups excluding carboxylic acids is 1. The van der Waals surface area contributed by atoms with Gasteiger partial charge in [0.15, 0.2) is 0 Å². The summed E-state index contributed by atoms with van der Waals surface area (Å²) in [5, 5.41) is 12.1. The van der Waals surface area contributed by atoms with Crippen molar-refractivity contribution in [2.45, 2.75) is 45.7 Å². The lowest BCUT2D eigenvalue weighted by molar-refractivity contribution is -0.121. The highest BCUT2D eigenvalue weighted by Gasteiger charge is 2.23. The fourth-order valence-electron chi connectivity index (χ4n) is 3.60. The number of hydrogen-bond acceptors (Lipinski definition) is 3. The molecule has 0 aliphatic carbocycles. The number of nitrogens with one attached hydrogen (secondary N) is 2. The molecule has 0 saturated heterocycles. The number of aryl methyl sites for hydroxylation is 3. The van der Waals surface area contributed by atoms with Crippen molar-refractivity contribution >= 4 is 16.8 Å². The van der Waals surface area contributed by atoms with Gasteiger partial charge >= 0.3 is 0 Å². The summed E-state index contributed by atoms with van der Waals surface area (Å²) in [5.41, 5.74) is 2.60. The van der Waals surface area contributed by atoms with E-state index in [1.807, 2.05) is 13.8 Å². The highest BCUT2D eigenvalue weighted by molar-refractivity contribution is 5.90. The molecular formula is C18H20FN5O. The summed E-state index contributed by atoms with van der Waals surface area (Å²) in [6.45, 7) is 4.53. The van der Waals surface area contributed by atoms with Gasteiger partial charge in [-0.25, -0.2) is 4.39 Å². The smallest absolute Gasteiger partial charge is 0.224 e. The minimum atomic E-state index is -0.295. The van der Waals surface area contributed by atoms with Crippen LogP contribution < -0.4 is 5.32 Å². The molecule has 3 heterocycles. The van der Waals surface area contributed by atoms with Crippen LogP contribution in [-0.4, -0.2) is 31.7 Å². The zero-order valence-corrected chi connectivity index (χ0v) is 14.3. The number of benzene rings is 1. The first-order valence-corrected chi connectivity index (χ1v) is 8.46. The Balaban J connectivity index is 1.49. The average molecular weight is 341 g/mol. The number of rotatable bonds is 3. The van der Waals surface area contributed by atoms with Crippen LogP contribution >= 0.6 is 0 Å². The highest BCUT2D eigenvalue weighted by Crippen LogP contribution is 2.24. The Bertz CT molecular complexity index is 958. The van der Waals surface area contributed by atoms with Crippen LogP contribution in [-0.2, 0) is 24.2 Å². The van der Waals surface area contributed by atoms with Gasteiger partial charge in [-0.05, 0) is 44.0 Å². The molecule has 6 nitrogen and oxygen atoms in total. The number of halogens is 1. The maximum Gasteiger partial charge on any atom is 0.224 e. The summed E-state index contributed by atoms with van der Waals surface area (Å²) < 4.78 is 15.6. The van der Waals surface area contributed by atoms with Crippen LogP contribution in [0.3, 0.4) is 0 Å². The molecule has 0 spiro atoms. The molecule has 0 radical (unpaired) electrons. The fourth-order valence-corrected chi connectivity index (χ4v) is 3.60. The molecule has 130 valence electrons. The van der Waals surface area contributed by atoms with Crippen LogP contribution in [0.25, 0.3) is 10.9 Å². The normalized spacial score (nSPS) is 16.8. The van der Waals surface area contributed by atoms with Crippen LogP contribution in [0.5, 0.6) is 0 Å². The summed E-state index contributed by atoms with van der Waals surface area (Å²) in [6, 6.07) is 4.67. The number of nitrogens with zero attached hydrogens (tertiary/aromatic N) is 3. The maximum absolute atomic E-state index is 13.6. The third kappa shape index (κ3) is 2.90. The van der Waals surface area contributed by atoms with Gasteiger partial charge in [0.25, 0.3) is 0 Å². The number of aromatic nitrogens is 4. The molecular weight excluding hydrogens is 321 g/mol. The van der Waals surface area contributed by atoms with Crippen LogP contribution in [0.15, 0.2) is 18.2 Å². The van der Waals surface area contributed by atoms with Gasteiger partial charge in [0.05, 0.1) is 6.42 Å². The van der Waals surface area contributed by atoms with Gasteiger partial charge in [0.2, 0.25) is 5.91 Å². The number of aromatic amines is 1. The molecule has 1 aliphatic rings. The third-order valence-corrected chi connectivity index (χ3v) is 4.92.